The van der Waals surface area contributed by atoms with E-state index < -0.39 is 0 Å². The van der Waals surface area contributed by atoms with Crippen molar-refractivity contribution in [2.75, 3.05) is 6.61 Å². The van der Waals surface area contributed by atoms with Crippen molar-refractivity contribution in [2.24, 2.45) is 28.9 Å². The second kappa shape index (κ2) is 6.03. The third kappa shape index (κ3) is 2.50. The van der Waals surface area contributed by atoms with Gasteiger partial charge in [-0.3, -0.25) is 4.79 Å². The number of hydrogen-bond donors (Lipinski definition) is 1. The molecule has 1 aromatic carbocycles. The molecular formula is C22H31NO2. The van der Waals surface area contributed by atoms with Crippen molar-refractivity contribution in [3.05, 3.63) is 28.8 Å². The van der Waals surface area contributed by atoms with E-state index in [1.54, 1.807) is 0 Å². The van der Waals surface area contributed by atoms with Crippen molar-refractivity contribution in [2.45, 2.75) is 65.2 Å². The fourth-order valence-electron chi connectivity index (χ4n) is 6.33. The van der Waals surface area contributed by atoms with Crippen LogP contribution < -0.4 is 10.5 Å². The molecule has 1 aromatic rings. The lowest BCUT2D eigenvalue weighted by atomic mass is 9.54. The number of carbonyl (C=O) groups excluding carboxylic acids is 1. The zero-order valence-corrected chi connectivity index (χ0v) is 15.8. The summed E-state index contributed by atoms with van der Waals surface area (Å²) >= 11 is 0. The molecule has 2 saturated carbocycles. The Labute approximate surface area is 151 Å². The van der Waals surface area contributed by atoms with Crippen molar-refractivity contribution in [1.82, 2.24) is 0 Å². The standard InChI is InChI=1S/C22H31NO2/c1-4-25-20-12-17-14(11-18(20)21(23)24)6-7-16-15(17)9-10-22(3)13(2)5-8-19(16)22/h11-13,15-16,19H,4-10H2,1-3H3,(H2,23,24). The van der Waals surface area contributed by atoms with Gasteiger partial charge in [0.25, 0.3) is 5.91 Å². The molecule has 0 aromatic heterocycles. The van der Waals surface area contributed by atoms with Gasteiger partial charge in [0.2, 0.25) is 0 Å². The van der Waals surface area contributed by atoms with Gasteiger partial charge >= 0.3 is 0 Å². The fourth-order valence-corrected chi connectivity index (χ4v) is 6.33. The number of rotatable bonds is 3. The van der Waals surface area contributed by atoms with Crippen molar-refractivity contribution >= 4 is 5.91 Å². The molecule has 3 nitrogen and oxygen atoms in total. The summed E-state index contributed by atoms with van der Waals surface area (Å²) in [6.07, 6.45) is 7.73. The zero-order chi connectivity index (χ0) is 17.8. The summed E-state index contributed by atoms with van der Waals surface area (Å²) in [6, 6.07) is 4.17. The van der Waals surface area contributed by atoms with E-state index in [-0.39, 0.29) is 5.91 Å². The Morgan fingerprint density at radius 2 is 2.08 bits per heavy atom. The SMILES string of the molecule is CCOc1cc2c(cc1C(N)=O)CCC1C2CCC2(C)C(C)CCC12. The van der Waals surface area contributed by atoms with Gasteiger partial charge < -0.3 is 10.5 Å². The van der Waals surface area contributed by atoms with Gasteiger partial charge in [0.05, 0.1) is 12.2 Å². The summed E-state index contributed by atoms with van der Waals surface area (Å²) < 4.78 is 5.77. The third-order valence-corrected chi connectivity index (χ3v) is 7.86. The summed E-state index contributed by atoms with van der Waals surface area (Å²) in [5.74, 6) is 3.45. The predicted molar refractivity (Wildman–Crippen MR) is 99.9 cm³/mol. The molecule has 3 aliphatic rings. The van der Waals surface area contributed by atoms with Crippen LogP contribution in [0.25, 0.3) is 0 Å². The molecule has 0 radical (unpaired) electrons. The first-order chi connectivity index (χ1) is 12.0. The van der Waals surface area contributed by atoms with Crippen LogP contribution in [0, 0.1) is 23.2 Å². The van der Waals surface area contributed by atoms with Gasteiger partial charge in [-0.15, -0.1) is 0 Å². The number of primary amides is 1. The number of amides is 1. The maximum Gasteiger partial charge on any atom is 0.252 e. The topological polar surface area (TPSA) is 52.3 Å². The molecule has 1 amide bonds. The number of nitrogens with two attached hydrogens (primary N) is 1. The molecule has 5 unspecified atom stereocenters. The van der Waals surface area contributed by atoms with Crippen LogP contribution >= 0.6 is 0 Å². The van der Waals surface area contributed by atoms with Gasteiger partial charge in [-0.05, 0) is 97.8 Å². The molecule has 136 valence electrons. The molecule has 5 atom stereocenters. The molecule has 3 aliphatic carbocycles. The zero-order valence-electron chi connectivity index (χ0n) is 15.8. The van der Waals surface area contributed by atoms with E-state index in [1.807, 2.05) is 13.0 Å². The lowest BCUT2D eigenvalue weighted by Gasteiger charge is -2.50. The summed E-state index contributed by atoms with van der Waals surface area (Å²) in [6.45, 7) is 7.52. The minimum Gasteiger partial charge on any atom is -0.493 e. The number of hydrogen-bond acceptors (Lipinski definition) is 2. The maximum atomic E-state index is 11.8. The molecule has 0 heterocycles. The molecule has 4 rings (SSSR count). The number of fused-ring (bicyclic) bond motifs is 5. The molecule has 0 spiro atoms. The minimum atomic E-state index is -0.380. The summed E-state index contributed by atoms with van der Waals surface area (Å²) in [4.78, 5) is 11.8. The average Bonchev–Trinajstić information content (AvgIpc) is 2.89. The van der Waals surface area contributed by atoms with Gasteiger partial charge in [0.15, 0.2) is 0 Å². The Morgan fingerprint density at radius 3 is 2.80 bits per heavy atom. The molecule has 0 bridgehead atoms. The van der Waals surface area contributed by atoms with Crippen molar-refractivity contribution < 1.29 is 9.53 Å². The van der Waals surface area contributed by atoms with Gasteiger partial charge in [0.1, 0.15) is 5.75 Å². The van der Waals surface area contributed by atoms with Crippen LogP contribution in [0.4, 0.5) is 0 Å². The normalized spacial score (nSPS) is 36.3. The first kappa shape index (κ1) is 16.9. The quantitative estimate of drug-likeness (QED) is 0.868. The second-order valence-corrected chi connectivity index (χ2v) is 8.78. The lowest BCUT2D eigenvalue weighted by Crippen LogP contribution is -2.41. The molecule has 2 N–H and O–H groups in total. The Hall–Kier alpha value is -1.51. The van der Waals surface area contributed by atoms with Gasteiger partial charge in [-0.1, -0.05) is 13.8 Å². The number of carbonyl (C=O) groups is 1. The van der Waals surface area contributed by atoms with E-state index in [9.17, 15) is 4.79 Å². The molecule has 2 fully saturated rings. The highest BCUT2D eigenvalue weighted by Gasteiger charge is 2.53. The van der Waals surface area contributed by atoms with E-state index >= 15 is 0 Å². The number of aryl methyl sites for hydroxylation is 1. The van der Waals surface area contributed by atoms with Crippen LogP contribution in [0.3, 0.4) is 0 Å². The lowest BCUT2D eigenvalue weighted by molar-refractivity contribution is 0.0336. The number of benzene rings is 1. The predicted octanol–water partition coefficient (Wildman–Crippen LogP) is 4.68. The number of ether oxygens (including phenoxy) is 1. The Morgan fingerprint density at radius 1 is 1.28 bits per heavy atom. The first-order valence-electron chi connectivity index (χ1n) is 10.0. The van der Waals surface area contributed by atoms with Crippen LogP contribution in [0.1, 0.15) is 80.3 Å². The van der Waals surface area contributed by atoms with E-state index in [1.165, 1.54) is 43.2 Å². The summed E-state index contributed by atoms with van der Waals surface area (Å²) in [5.41, 5.74) is 9.44. The highest BCUT2D eigenvalue weighted by molar-refractivity contribution is 5.96. The van der Waals surface area contributed by atoms with E-state index in [0.29, 0.717) is 29.3 Å². The van der Waals surface area contributed by atoms with Crippen LogP contribution in [0.2, 0.25) is 0 Å². The van der Waals surface area contributed by atoms with Gasteiger partial charge in [0, 0.05) is 0 Å². The van der Waals surface area contributed by atoms with Crippen molar-refractivity contribution in [3.63, 3.8) is 0 Å². The fraction of sp³-hybridized carbons (Fsp3) is 0.682. The molecule has 0 aliphatic heterocycles. The van der Waals surface area contributed by atoms with E-state index in [2.05, 4.69) is 19.9 Å². The van der Waals surface area contributed by atoms with Crippen molar-refractivity contribution in [1.29, 1.82) is 0 Å². The van der Waals surface area contributed by atoms with Gasteiger partial charge in [-0.25, -0.2) is 0 Å². The van der Waals surface area contributed by atoms with E-state index in [4.69, 9.17) is 10.5 Å². The average molecular weight is 341 g/mol. The molecule has 3 heteroatoms. The highest BCUT2D eigenvalue weighted by atomic mass is 16.5. The second-order valence-electron chi connectivity index (χ2n) is 8.78. The van der Waals surface area contributed by atoms with Crippen LogP contribution in [-0.4, -0.2) is 12.5 Å². The summed E-state index contributed by atoms with van der Waals surface area (Å²) in [5, 5.41) is 0. The molecule has 0 saturated heterocycles. The summed E-state index contributed by atoms with van der Waals surface area (Å²) in [7, 11) is 0. The van der Waals surface area contributed by atoms with Crippen LogP contribution in [0.15, 0.2) is 12.1 Å². The maximum absolute atomic E-state index is 11.8. The smallest absolute Gasteiger partial charge is 0.252 e. The van der Waals surface area contributed by atoms with Gasteiger partial charge in [-0.2, -0.15) is 0 Å². The minimum absolute atomic E-state index is 0.380. The molecular weight excluding hydrogens is 310 g/mol. The Kier molecular flexibility index (Phi) is 4.09. The largest absolute Gasteiger partial charge is 0.493 e. The van der Waals surface area contributed by atoms with E-state index in [0.717, 1.165) is 24.2 Å². The van der Waals surface area contributed by atoms with Crippen LogP contribution in [0.5, 0.6) is 5.75 Å². The van der Waals surface area contributed by atoms with Crippen LogP contribution in [-0.2, 0) is 6.42 Å². The molecule has 25 heavy (non-hydrogen) atoms. The first-order valence-corrected chi connectivity index (χ1v) is 10.0. The Balaban J connectivity index is 1.73. The third-order valence-electron chi connectivity index (χ3n) is 7.86. The highest BCUT2D eigenvalue weighted by Crippen LogP contribution is 2.63. The monoisotopic (exact) mass is 341 g/mol. The Bertz CT molecular complexity index is 698. The van der Waals surface area contributed by atoms with Crippen molar-refractivity contribution in [3.8, 4) is 5.75 Å².